The molecule has 0 atom stereocenters. The second kappa shape index (κ2) is 16.9. The molecule has 0 amide bonds. The highest BCUT2D eigenvalue weighted by molar-refractivity contribution is 6.11. The number of hydrogen-bond donors (Lipinski definition) is 0. The van der Waals surface area contributed by atoms with Gasteiger partial charge in [0.15, 0.2) is 0 Å². The van der Waals surface area contributed by atoms with E-state index in [2.05, 4.69) is 263 Å². The first-order valence-electron chi connectivity index (χ1n) is 24.4. The van der Waals surface area contributed by atoms with Crippen molar-refractivity contribution in [3.63, 3.8) is 0 Å². The first-order chi connectivity index (χ1) is 32.0. The topological polar surface area (TPSA) is 33.5 Å². The number of anilines is 2. The van der Waals surface area contributed by atoms with Crippen LogP contribution in [0.3, 0.4) is 0 Å². The maximum atomic E-state index is 7.22. The standard InChI is InChI=1S/C63H70N4O/c1-59(2,3)46-33-47(60(4,5)6)35-49(34-46)66-41-65(40-56(66)62(10,11)12)48-31-43(42-23-17-15-18-24-42)32-50(37-48)68-51-38-53(61(7,8)9)58-52-27-21-22-28-54(52)67(55(58)39-51)57-36-45(29-30-64-57)63(13,14)44-25-19-16-20-26-44/h15-40H,41H2,1-14H3. The highest BCUT2D eigenvalue weighted by Gasteiger charge is 2.34. The first kappa shape index (κ1) is 46.5. The molecule has 8 aromatic rings. The van der Waals surface area contributed by atoms with Crippen molar-refractivity contribution in [2.75, 3.05) is 16.5 Å². The van der Waals surface area contributed by atoms with Crippen LogP contribution in [0.25, 0.3) is 38.8 Å². The molecule has 5 heteroatoms. The van der Waals surface area contributed by atoms with E-state index >= 15 is 0 Å². The highest BCUT2D eigenvalue weighted by Crippen LogP contribution is 2.46. The third-order valence-electron chi connectivity index (χ3n) is 13.9. The molecule has 3 heterocycles. The lowest BCUT2D eigenvalue weighted by Crippen LogP contribution is -2.31. The SMILES string of the molecule is CC(C)(C)C1=CN(c2cc(Oc3cc(C(C)(C)C)c4c5ccccc5n(-c5cc(C(C)(C)c6ccccc6)ccn5)c4c3)cc(-c3ccccc3)c2)CN1c1cc(C(C)(C)C)cc(C(C)(C)C)c1. The van der Waals surface area contributed by atoms with Crippen molar-refractivity contribution in [1.82, 2.24) is 9.55 Å². The highest BCUT2D eigenvalue weighted by atomic mass is 16.5. The Kier molecular flexibility index (Phi) is 11.5. The molecule has 0 radical (unpaired) electrons. The van der Waals surface area contributed by atoms with Crippen LogP contribution in [0.1, 0.15) is 125 Å². The van der Waals surface area contributed by atoms with E-state index in [-0.39, 0.29) is 27.1 Å². The summed E-state index contributed by atoms with van der Waals surface area (Å²) in [6.07, 6.45) is 4.32. The Balaban J connectivity index is 1.19. The second-order valence-corrected chi connectivity index (χ2v) is 23.6. The van der Waals surface area contributed by atoms with Gasteiger partial charge in [0.1, 0.15) is 17.3 Å². The Hall–Kier alpha value is -6.59. The number of rotatable bonds is 8. The summed E-state index contributed by atoms with van der Waals surface area (Å²) in [4.78, 5) is 10.0. The summed E-state index contributed by atoms with van der Waals surface area (Å²) in [6.45, 7) is 33.0. The molecule has 5 nitrogen and oxygen atoms in total. The Morgan fingerprint density at radius 2 is 1.09 bits per heavy atom. The quantitative estimate of drug-likeness (QED) is 0.152. The number of ether oxygens (including phenoxy) is 1. The fourth-order valence-corrected chi connectivity index (χ4v) is 9.75. The van der Waals surface area contributed by atoms with Crippen molar-refractivity contribution in [3.05, 3.63) is 192 Å². The number of allylic oxidation sites excluding steroid dienone is 1. The smallest absolute Gasteiger partial charge is 0.137 e. The van der Waals surface area contributed by atoms with Gasteiger partial charge in [0.05, 0.1) is 17.7 Å². The summed E-state index contributed by atoms with van der Waals surface area (Å²) < 4.78 is 9.56. The van der Waals surface area contributed by atoms with Gasteiger partial charge in [-0.15, -0.1) is 0 Å². The van der Waals surface area contributed by atoms with Crippen molar-refractivity contribution < 1.29 is 4.74 Å². The van der Waals surface area contributed by atoms with Gasteiger partial charge in [-0.2, -0.15) is 0 Å². The summed E-state index contributed by atoms with van der Waals surface area (Å²) in [6, 6.07) is 53.0. The van der Waals surface area contributed by atoms with Gasteiger partial charge in [0.2, 0.25) is 0 Å². The lowest BCUT2D eigenvalue weighted by Gasteiger charge is -2.33. The zero-order valence-electron chi connectivity index (χ0n) is 42.9. The minimum absolute atomic E-state index is 0.00134. The number of hydrogen-bond acceptors (Lipinski definition) is 4. The molecule has 0 spiro atoms. The first-order valence-corrected chi connectivity index (χ1v) is 24.4. The van der Waals surface area contributed by atoms with Gasteiger partial charge >= 0.3 is 0 Å². The average Bonchev–Trinajstić information content (AvgIpc) is 3.90. The fourth-order valence-electron chi connectivity index (χ4n) is 9.75. The molecule has 0 aliphatic carbocycles. The van der Waals surface area contributed by atoms with Gasteiger partial charge in [-0.1, -0.05) is 182 Å². The number of pyridine rings is 1. The maximum Gasteiger partial charge on any atom is 0.137 e. The number of aromatic nitrogens is 2. The molecule has 68 heavy (non-hydrogen) atoms. The fraction of sp³-hybridized carbons (Fsp3) is 0.317. The van der Waals surface area contributed by atoms with E-state index in [0.29, 0.717) is 6.67 Å². The van der Waals surface area contributed by atoms with Crippen LogP contribution < -0.4 is 14.5 Å². The summed E-state index contributed by atoms with van der Waals surface area (Å²) in [7, 11) is 0. The number of nitrogens with zero attached hydrogens (tertiary/aromatic N) is 4. The van der Waals surface area contributed by atoms with Crippen LogP contribution in [0.5, 0.6) is 11.5 Å². The van der Waals surface area contributed by atoms with Gasteiger partial charge in [-0.05, 0) is 104 Å². The predicted molar refractivity (Wildman–Crippen MR) is 289 cm³/mol. The zero-order chi connectivity index (χ0) is 48.6. The maximum absolute atomic E-state index is 7.22. The van der Waals surface area contributed by atoms with E-state index in [0.717, 1.165) is 45.2 Å². The molecule has 348 valence electrons. The predicted octanol–water partition coefficient (Wildman–Crippen LogP) is 17.0. The Bertz CT molecular complexity index is 3150. The molecule has 0 N–H and O–H groups in total. The molecule has 2 aromatic heterocycles. The number of fused-ring (bicyclic) bond motifs is 3. The van der Waals surface area contributed by atoms with E-state index in [1.54, 1.807) is 0 Å². The zero-order valence-corrected chi connectivity index (χ0v) is 42.9. The minimum atomic E-state index is -0.231. The van der Waals surface area contributed by atoms with E-state index in [1.165, 1.54) is 50.0 Å². The molecule has 6 aromatic carbocycles. The van der Waals surface area contributed by atoms with Crippen molar-refractivity contribution in [2.24, 2.45) is 5.41 Å². The minimum Gasteiger partial charge on any atom is -0.457 e. The number of para-hydroxylation sites is 1. The monoisotopic (exact) mass is 899 g/mol. The third kappa shape index (κ3) is 8.96. The van der Waals surface area contributed by atoms with Gasteiger partial charge in [0, 0.05) is 63.2 Å². The van der Waals surface area contributed by atoms with Gasteiger partial charge in [-0.25, -0.2) is 4.98 Å². The van der Waals surface area contributed by atoms with Crippen LogP contribution in [0.15, 0.2) is 164 Å². The molecule has 1 aliphatic heterocycles. The van der Waals surface area contributed by atoms with Gasteiger partial charge in [-0.3, -0.25) is 4.57 Å². The van der Waals surface area contributed by atoms with Crippen LogP contribution in [0.4, 0.5) is 11.4 Å². The van der Waals surface area contributed by atoms with Gasteiger partial charge < -0.3 is 14.5 Å². The molecule has 0 fully saturated rings. The van der Waals surface area contributed by atoms with Crippen molar-refractivity contribution in [3.8, 4) is 28.4 Å². The van der Waals surface area contributed by atoms with Gasteiger partial charge in [0.25, 0.3) is 0 Å². The summed E-state index contributed by atoms with van der Waals surface area (Å²) in [5.74, 6) is 2.44. The van der Waals surface area contributed by atoms with E-state index in [9.17, 15) is 0 Å². The van der Waals surface area contributed by atoms with E-state index in [1.807, 2.05) is 6.20 Å². The van der Waals surface area contributed by atoms with Crippen molar-refractivity contribution in [2.45, 2.75) is 119 Å². The van der Waals surface area contributed by atoms with Crippen molar-refractivity contribution in [1.29, 1.82) is 0 Å². The Morgan fingerprint density at radius 3 is 1.72 bits per heavy atom. The third-order valence-corrected chi connectivity index (χ3v) is 13.9. The lowest BCUT2D eigenvalue weighted by molar-refractivity contribution is 0.480. The molecule has 0 saturated carbocycles. The Morgan fingerprint density at radius 1 is 0.471 bits per heavy atom. The van der Waals surface area contributed by atoms with Crippen LogP contribution in [-0.2, 0) is 21.7 Å². The molecule has 9 rings (SSSR count). The molecule has 1 aliphatic rings. The summed E-state index contributed by atoms with van der Waals surface area (Å²) in [5, 5.41) is 2.42. The van der Waals surface area contributed by atoms with E-state index < -0.39 is 0 Å². The largest absolute Gasteiger partial charge is 0.457 e. The summed E-state index contributed by atoms with van der Waals surface area (Å²) >= 11 is 0. The van der Waals surface area contributed by atoms with Crippen LogP contribution in [-0.4, -0.2) is 16.2 Å². The molecular weight excluding hydrogens is 829 g/mol. The number of benzene rings is 6. The molecule has 0 bridgehead atoms. The molecule has 0 saturated heterocycles. The van der Waals surface area contributed by atoms with Crippen LogP contribution >= 0.6 is 0 Å². The summed E-state index contributed by atoms with van der Waals surface area (Å²) in [5.41, 5.74) is 13.8. The van der Waals surface area contributed by atoms with Crippen LogP contribution in [0.2, 0.25) is 0 Å². The molecule has 0 unspecified atom stereocenters. The Labute approximate surface area is 406 Å². The average molecular weight is 899 g/mol. The second-order valence-electron chi connectivity index (χ2n) is 23.6. The normalized spacial score (nSPS) is 14.0. The van der Waals surface area contributed by atoms with E-state index in [4.69, 9.17) is 9.72 Å². The lowest BCUT2D eigenvalue weighted by atomic mass is 9.78. The van der Waals surface area contributed by atoms with Crippen LogP contribution in [0, 0.1) is 5.41 Å². The molecular formula is C63H70N4O. The van der Waals surface area contributed by atoms with Crippen molar-refractivity contribution >= 4 is 33.2 Å².